The predicted molar refractivity (Wildman–Crippen MR) is 75.3 cm³/mol. The predicted octanol–water partition coefficient (Wildman–Crippen LogP) is 2.60. The molecule has 0 atom stereocenters. The number of aryl methyl sites for hydroxylation is 2. The van der Waals surface area contributed by atoms with Crippen molar-refractivity contribution in [3.8, 4) is 0 Å². The van der Waals surface area contributed by atoms with E-state index < -0.39 is 0 Å². The van der Waals surface area contributed by atoms with Gasteiger partial charge < -0.3 is 5.32 Å². The maximum atomic E-state index is 4.09. The van der Waals surface area contributed by atoms with Crippen LogP contribution < -0.4 is 5.32 Å². The molecule has 1 aromatic carbocycles. The van der Waals surface area contributed by atoms with Gasteiger partial charge >= 0.3 is 0 Å². The highest BCUT2D eigenvalue weighted by Crippen LogP contribution is 2.17. The Labute approximate surface area is 115 Å². The Bertz CT molecular complexity index is 482. The Balaban J connectivity index is 1.67. The number of H-pyrrole nitrogens is 1. The van der Waals surface area contributed by atoms with Crippen LogP contribution in [0.25, 0.3) is 0 Å². The van der Waals surface area contributed by atoms with E-state index in [-0.39, 0.29) is 0 Å². The molecule has 1 heterocycles. The first-order valence-electron chi connectivity index (χ1n) is 6.05. The number of benzene rings is 1. The Morgan fingerprint density at radius 1 is 1.39 bits per heavy atom. The molecule has 96 valence electrons. The quantitative estimate of drug-likeness (QED) is 0.807. The molecule has 0 amide bonds. The van der Waals surface area contributed by atoms with Crippen molar-refractivity contribution in [3.05, 3.63) is 46.0 Å². The maximum absolute atomic E-state index is 4.09. The lowest BCUT2D eigenvalue weighted by Gasteiger charge is -2.06. The second-order valence-electron chi connectivity index (χ2n) is 4.30. The summed E-state index contributed by atoms with van der Waals surface area (Å²) < 4.78 is 1.17. The number of hydrogen-bond donors (Lipinski definition) is 2. The van der Waals surface area contributed by atoms with E-state index in [1.165, 1.54) is 15.6 Å². The summed E-state index contributed by atoms with van der Waals surface area (Å²) in [6.07, 6.45) is 3.54. The van der Waals surface area contributed by atoms with Gasteiger partial charge in [0.1, 0.15) is 12.2 Å². The zero-order valence-corrected chi connectivity index (χ0v) is 12.0. The van der Waals surface area contributed by atoms with Gasteiger partial charge in [-0.3, -0.25) is 5.10 Å². The lowest BCUT2D eigenvalue weighted by molar-refractivity contribution is 0.639. The van der Waals surface area contributed by atoms with Crippen LogP contribution >= 0.6 is 15.9 Å². The van der Waals surface area contributed by atoms with Gasteiger partial charge in [0.25, 0.3) is 0 Å². The van der Waals surface area contributed by atoms with E-state index in [0.29, 0.717) is 0 Å². The molecule has 0 saturated carbocycles. The molecule has 0 aliphatic carbocycles. The van der Waals surface area contributed by atoms with Crippen LogP contribution in [0.5, 0.6) is 0 Å². The lowest BCUT2D eigenvalue weighted by atomic mass is 10.1. The van der Waals surface area contributed by atoms with Gasteiger partial charge in [-0.25, -0.2) is 4.98 Å². The Kier molecular flexibility index (Phi) is 4.90. The van der Waals surface area contributed by atoms with Gasteiger partial charge in [-0.2, -0.15) is 5.10 Å². The van der Waals surface area contributed by atoms with Crippen molar-refractivity contribution < 1.29 is 0 Å². The highest BCUT2D eigenvalue weighted by Gasteiger charge is 1.98. The van der Waals surface area contributed by atoms with Crippen LogP contribution in [0, 0.1) is 6.92 Å². The summed E-state index contributed by atoms with van der Waals surface area (Å²) in [6, 6.07) is 6.46. The van der Waals surface area contributed by atoms with Crippen LogP contribution in [0.1, 0.15) is 23.4 Å². The molecule has 4 nitrogen and oxygen atoms in total. The zero-order valence-electron chi connectivity index (χ0n) is 10.4. The summed E-state index contributed by atoms with van der Waals surface area (Å²) in [5, 5.41) is 10.1. The number of nitrogens with one attached hydrogen (secondary N) is 2. The van der Waals surface area contributed by atoms with Crippen LogP contribution in [0.4, 0.5) is 0 Å². The van der Waals surface area contributed by atoms with Crippen molar-refractivity contribution in [1.29, 1.82) is 0 Å². The molecular formula is C13H17BrN4. The van der Waals surface area contributed by atoms with Gasteiger partial charge in [0.15, 0.2) is 0 Å². The molecule has 0 radical (unpaired) electrons. The topological polar surface area (TPSA) is 53.6 Å². The molecule has 18 heavy (non-hydrogen) atoms. The first-order valence-corrected chi connectivity index (χ1v) is 6.85. The average molecular weight is 309 g/mol. The van der Waals surface area contributed by atoms with E-state index in [0.717, 1.165) is 31.8 Å². The van der Waals surface area contributed by atoms with E-state index in [1.54, 1.807) is 6.33 Å². The van der Waals surface area contributed by atoms with Gasteiger partial charge in [0.05, 0.1) is 0 Å². The summed E-state index contributed by atoms with van der Waals surface area (Å²) in [5.41, 5.74) is 2.57. The molecule has 0 aliphatic heterocycles. The molecule has 5 heteroatoms. The van der Waals surface area contributed by atoms with Crippen LogP contribution in [-0.2, 0) is 13.0 Å². The number of hydrogen-bond acceptors (Lipinski definition) is 3. The van der Waals surface area contributed by atoms with E-state index in [2.05, 4.69) is 61.6 Å². The van der Waals surface area contributed by atoms with Gasteiger partial charge in [0, 0.05) is 17.4 Å². The standard InChI is InChI=1S/C13H17BrN4/c1-10-4-5-11(7-12(10)14)8-15-6-2-3-13-16-9-17-18-13/h4-5,7,9,15H,2-3,6,8H2,1H3,(H,16,17,18). The monoisotopic (exact) mass is 308 g/mol. The van der Waals surface area contributed by atoms with Crippen molar-refractivity contribution in [3.63, 3.8) is 0 Å². The first-order chi connectivity index (χ1) is 8.75. The molecular weight excluding hydrogens is 292 g/mol. The second-order valence-corrected chi connectivity index (χ2v) is 5.15. The molecule has 0 aliphatic rings. The first kappa shape index (κ1) is 13.2. The number of nitrogens with zero attached hydrogens (tertiary/aromatic N) is 2. The normalized spacial score (nSPS) is 10.8. The van der Waals surface area contributed by atoms with E-state index >= 15 is 0 Å². The molecule has 1 aromatic heterocycles. The van der Waals surface area contributed by atoms with Crippen LogP contribution in [-0.4, -0.2) is 21.7 Å². The SMILES string of the molecule is Cc1ccc(CNCCCc2ncn[nH]2)cc1Br. The lowest BCUT2D eigenvalue weighted by Crippen LogP contribution is -2.15. The van der Waals surface area contributed by atoms with Gasteiger partial charge in [-0.15, -0.1) is 0 Å². The Morgan fingerprint density at radius 2 is 2.28 bits per heavy atom. The molecule has 0 saturated heterocycles. The van der Waals surface area contributed by atoms with Crippen LogP contribution in [0.15, 0.2) is 29.0 Å². The fraction of sp³-hybridized carbons (Fsp3) is 0.385. The number of rotatable bonds is 6. The minimum absolute atomic E-state index is 0.898. The van der Waals surface area contributed by atoms with Crippen LogP contribution in [0.3, 0.4) is 0 Å². The minimum atomic E-state index is 0.898. The summed E-state index contributed by atoms with van der Waals surface area (Å²) in [4.78, 5) is 4.09. The maximum Gasteiger partial charge on any atom is 0.137 e. The van der Waals surface area contributed by atoms with Crippen molar-refractivity contribution in [2.24, 2.45) is 0 Å². The molecule has 2 N–H and O–H groups in total. The molecule has 0 spiro atoms. The third-order valence-corrected chi connectivity index (χ3v) is 3.65. The minimum Gasteiger partial charge on any atom is -0.313 e. The third kappa shape index (κ3) is 3.92. The van der Waals surface area contributed by atoms with E-state index in [1.807, 2.05) is 0 Å². The van der Waals surface area contributed by atoms with Crippen molar-refractivity contribution >= 4 is 15.9 Å². The largest absolute Gasteiger partial charge is 0.313 e. The number of halogens is 1. The fourth-order valence-corrected chi connectivity index (χ4v) is 2.14. The smallest absolute Gasteiger partial charge is 0.137 e. The molecule has 0 fully saturated rings. The molecule has 2 aromatic rings. The van der Waals surface area contributed by atoms with Gasteiger partial charge in [-0.05, 0) is 37.1 Å². The van der Waals surface area contributed by atoms with Crippen molar-refractivity contribution in [1.82, 2.24) is 20.5 Å². The molecule has 2 rings (SSSR count). The Morgan fingerprint density at radius 3 is 3.00 bits per heavy atom. The Hall–Kier alpha value is -1.20. The molecule has 0 bridgehead atoms. The van der Waals surface area contributed by atoms with Crippen LogP contribution in [0.2, 0.25) is 0 Å². The zero-order chi connectivity index (χ0) is 12.8. The number of aromatic amines is 1. The van der Waals surface area contributed by atoms with Crippen molar-refractivity contribution in [2.75, 3.05) is 6.54 Å². The summed E-state index contributed by atoms with van der Waals surface area (Å²) in [6.45, 7) is 3.97. The summed E-state index contributed by atoms with van der Waals surface area (Å²) in [7, 11) is 0. The van der Waals surface area contributed by atoms with E-state index in [4.69, 9.17) is 0 Å². The average Bonchev–Trinajstić information content (AvgIpc) is 2.86. The highest BCUT2D eigenvalue weighted by molar-refractivity contribution is 9.10. The van der Waals surface area contributed by atoms with E-state index in [9.17, 15) is 0 Å². The summed E-state index contributed by atoms with van der Waals surface area (Å²) in [5.74, 6) is 0.954. The number of aromatic nitrogens is 3. The van der Waals surface area contributed by atoms with Gasteiger partial charge in [0.2, 0.25) is 0 Å². The van der Waals surface area contributed by atoms with Crippen molar-refractivity contribution in [2.45, 2.75) is 26.3 Å². The fourth-order valence-electron chi connectivity index (χ4n) is 1.71. The third-order valence-electron chi connectivity index (χ3n) is 2.80. The summed E-state index contributed by atoms with van der Waals surface area (Å²) >= 11 is 3.55. The van der Waals surface area contributed by atoms with Gasteiger partial charge in [-0.1, -0.05) is 28.1 Å². The molecule has 0 unspecified atom stereocenters. The highest BCUT2D eigenvalue weighted by atomic mass is 79.9. The second kappa shape index (κ2) is 6.66.